The lowest BCUT2D eigenvalue weighted by atomic mass is 9.51. The number of hydrogen-bond donors (Lipinski definition) is 3. The van der Waals surface area contributed by atoms with Crippen LogP contribution in [0.2, 0.25) is 0 Å². The largest absolute Gasteiger partial charge is 0.507 e. The molecule has 5 atom stereocenters. The van der Waals surface area contributed by atoms with E-state index in [9.17, 15) is 15.0 Å². The third kappa shape index (κ3) is 2.48. The summed E-state index contributed by atoms with van der Waals surface area (Å²) in [6.45, 7) is 3.41. The molecule has 1 aromatic carbocycles. The Hall–Kier alpha value is -1.59. The predicted octanol–water partition coefficient (Wildman–Crippen LogP) is 2.71. The van der Waals surface area contributed by atoms with Gasteiger partial charge >= 0.3 is 0 Å². The van der Waals surface area contributed by atoms with E-state index in [0.29, 0.717) is 24.4 Å². The molecule has 1 saturated heterocycles. The van der Waals surface area contributed by atoms with Crippen molar-refractivity contribution >= 4 is 5.91 Å². The van der Waals surface area contributed by atoms with E-state index < -0.39 is 5.91 Å². The van der Waals surface area contributed by atoms with Crippen molar-refractivity contribution in [1.82, 2.24) is 4.90 Å². The molecule has 4 N–H and O–H groups in total. The van der Waals surface area contributed by atoms with Gasteiger partial charge in [-0.05, 0) is 81.9 Å². The number of carbonyl (C=O) groups excluding carboxylic acids is 1. The van der Waals surface area contributed by atoms with Crippen LogP contribution in [0.5, 0.6) is 5.75 Å². The van der Waals surface area contributed by atoms with Gasteiger partial charge in [-0.25, -0.2) is 0 Å². The van der Waals surface area contributed by atoms with Gasteiger partial charge in [0.15, 0.2) is 0 Å². The maximum atomic E-state index is 11.9. The molecular formula is C23H32N2O3. The quantitative estimate of drug-likeness (QED) is 0.748. The third-order valence-electron chi connectivity index (χ3n) is 8.64. The maximum absolute atomic E-state index is 11.9. The van der Waals surface area contributed by atoms with Crippen LogP contribution in [0.4, 0.5) is 0 Å². The molecule has 1 amide bonds. The summed E-state index contributed by atoms with van der Waals surface area (Å²) in [5, 5.41) is 21.6. The summed E-state index contributed by atoms with van der Waals surface area (Å²) in [5.74, 6) is 0.730. The fourth-order valence-corrected chi connectivity index (χ4v) is 7.05. The van der Waals surface area contributed by atoms with Crippen molar-refractivity contribution < 1.29 is 15.0 Å². The first kappa shape index (κ1) is 18.4. The van der Waals surface area contributed by atoms with E-state index >= 15 is 0 Å². The summed E-state index contributed by atoms with van der Waals surface area (Å²) in [6, 6.07) is 4.74. The number of aromatic hydroxyl groups is 1. The third-order valence-corrected chi connectivity index (χ3v) is 8.64. The van der Waals surface area contributed by atoms with Crippen LogP contribution in [0.1, 0.15) is 73.4 Å². The highest BCUT2D eigenvalue weighted by Crippen LogP contribution is 2.59. The Bertz CT molecular complexity index is 805. The number of aliphatic hydroxyl groups is 1. The van der Waals surface area contributed by atoms with Crippen LogP contribution in [0.25, 0.3) is 0 Å². The van der Waals surface area contributed by atoms with E-state index in [1.807, 2.05) is 6.07 Å². The van der Waals surface area contributed by atoms with Crippen LogP contribution >= 0.6 is 0 Å². The lowest BCUT2D eigenvalue weighted by molar-refractivity contribution is -0.0745. The van der Waals surface area contributed by atoms with Gasteiger partial charge in [0.2, 0.25) is 0 Å². The number of likely N-dealkylation sites (tertiary alicyclic amines) is 1. The summed E-state index contributed by atoms with van der Waals surface area (Å²) in [5.41, 5.74) is 7.57. The number of phenols is 1. The fraction of sp³-hybridized carbons (Fsp3) is 0.696. The number of hydrogen-bond acceptors (Lipinski definition) is 4. The second-order valence-electron chi connectivity index (χ2n) is 9.75. The molecule has 152 valence electrons. The molecule has 5 rings (SSSR count). The van der Waals surface area contributed by atoms with Crippen molar-refractivity contribution in [2.45, 2.75) is 81.9 Å². The fourth-order valence-electron chi connectivity index (χ4n) is 7.05. The number of primary amides is 1. The standard InChI is InChI=1S/C23H32N2O3/c1-13(14-3-2-4-14)25-10-9-23-12-16(26)6-8-18(23)19(25)11-15-5-7-17(22(24)28)21(27)20(15)23/h5,7,13-14,16,18-19,26-27H,2-4,6,8-12H2,1H3,(H2,24,28). The van der Waals surface area contributed by atoms with Crippen LogP contribution in [-0.4, -0.2) is 45.8 Å². The highest BCUT2D eigenvalue weighted by Gasteiger charge is 2.57. The Morgan fingerprint density at radius 2 is 2.07 bits per heavy atom. The number of rotatable bonds is 3. The van der Waals surface area contributed by atoms with Crippen LogP contribution in [0.3, 0.4) is 0 Å². The SMILES string of the molecule is CC(C1CCC1)N1CCC23CC(O)CCC2C1Cc1ccc(C(N)=O)c(O)c13. The number of amides is 1. The first-order valence-electron chi connectivity index (χ1n) is 11.0. The normalized spacial score (nSPS) is 36.1. The number of aliphatic hydroxyl groups excluding tert-OH is 1. The molecule has 5 nitrogen and oxygen atoms in total. The van der Waals surface area contributed by atoms with Gasteiger partial charge in [0.05, 0.1) is 11.7 Å². The van der Waals surface area contributed by atoms with Gasteiger partial charge < -0.3 is 15.9 Å². The van der Waals surface area contributed by atoms with Gasteiger partial charge in [-0.3, -0.25) is 9.69 Å². The van der Waals surface area contributed by atoms with Gasteiger partial charge in [-0.1, -0.05) is 12.5 Å². The molecule has 0 spiro atoms. The lowest BCUT2D eigenvalue weighted by Gasteiger charge is -2.61. The zero-order valence-electron chi connectivity index (χ0n) is 16.7. The second-order valence-corrected chi connectivity index (χ2v) is 9.75. The number of nitrogens with zero attached hydrogens (tertiary/aromatic N) is 1. The first-order valence-corrected chi connectivity index (χ1v) is 11.0. The number of piperidine rings is 1. The molecule has 4 aliphatic rings. The zero-order chi connectivity index (χ0) is 19.6. The Balaban J connectivity index is 1.61. The Morgan fingerprint density at radius 3 is 2.75 bits per heavy atom. The summed E-state index contributed by atoms with van der Waals surface area (Å²) in [7, 11) is 0. The molecule has 5 heteroatoms. The van der Waals surface area contributed by atoms with E-state index in [2.05, 4.69) is 11.8 Å². The summed E-state index contributed by atoms with van der Waals surface area (Å²) >= 11 is 0. The van der Waals surface area contributed by atoms with Crippen LogP contribution in [0.15, 0.2) is 12.1 Å². The Morgan fingerprint density at radius 1 is 1.29 bits per heavy atom. The molecule has 28 heavy (non-hydrogen) atoms. The molecule has 0 aromatic heterocycles. The van der Waals surface area contributed by atoms with E-state index in [0.717, 1.165) is 49.3 Å². The van der Waals surface area contributed by atoms with Gasteiger partial charge in [-0.2, -0.15) is 0 Å². The van der Waals surface area contributed by atoms with Gasteiger partial charge in [0.1, 0.15) is 5.75 Å². The lowest BCUT2D eigenvalue weighted by Crippen LogP contribution is -2.64. The van der Waals surface area contributed by atoms with Crippen molar-refractivity contribution in [3.63, 3.8) is 0 Å². The minimum absolute atomic E-state index is 0.0723. The molecule has 2 bridgehead atoms. The Kier molecular flexibility index (Phi) is 4.25. The summed E-state index contributed by atoms with van der Waals surface area (Å²) in [6.07, 6.45) is 8.07. The Labute approximate surface area is 166 Å². The van der Waals surface area contributed by atoms with E-state index in [1.165, 1.54) is 19.3 Å². The zero-order valence-corrected chi connectivity index (χ0v) is 16.7. The minimum Gasteiger partial charge on any atom is -0.507 e. The molecule has 3 aliphatic carbocycles. The van der Waals surface area contributed by atoms with Crippen molar-refractivity contribution in [1.29, 1.82) is 0 Å². The van der Waals surface area contributed by atoms with Gasteiger partial charge in [0.25, 0.3) is 5.91 Å². The molecule has 0 radical (unpaired) electrons. The summed E-state index contributed by atoms with van der Waals surface area (Å²) < 4.78 is 0. The highest BCUT2D eigenvalue weighted by molar-refractivity contribution is 5.96. The van der Waals surface area contributed by atoms with Crippen molar-refractivity contribution in [2.24, 2.45) is 17.6 Å². The number of fused-ring (bicyclic) bond motifs is 1. The molecule has 1 aliphatic heterocycles. The molecule has 3 fully saturated rings. The summed E-state index contributed by atoms with van der Waals surface area (Å²) in [4.78, 5) is 14.6. The molecule has 2 saturated carbocycles. The predicted molar refractivity (Wildman–Crippen MR) is 107 cm³/mol. The molecule has 5 unspecified atom stereocenters. The average molecular weight is 385 g/mol. The number of nitrogens with two attached hydrogens (primary N) is 1. The number of carbonyl (C=O) groups is 1. The molecule has 1 aromatic rings. The van der Waals surface area contributed by atoms with Crippen molar-refractivity contribution in [3.05, 3.63) is 28.8 Å². The monoisotopic (exact) mass is 384 g/mol. The maximum Gasteiger partial charge on any atom is 0.252 e. The van der Waals surface area contributed by atoms with E-state index in [-0.39, 0.29) is 22.8 Å². The second kappa shape index (κ2) is 6.46. The minimum atomic E-state index is -0.581. The highest BCUT2D eigenvalue weighted by atomic mass is 16.3. The topological polar surface area (TPSA) is 86.8 Å². The van der Waals surface area contributed by atoms with Crippen LogP contribution in [0, 0.1) is 11.8 Å². The van der Waals surface area contributed by atoms with Crippen molar-refractivity contribution in [2.75, 3.05) is 6.54 Å². The smallest absolute Gasteiger partial charge is 0.252 e. The van der Waals surface area contributed by atoms with Crippen molar-refractivity contribution in [3.8, 4) is 5.75 Å². The molecule has 1 heterocycles. The van der Waals surface area contributed by atoms with Crippen LogP contribution < -0.4 is 5.73 Å². The van der Waals surface area contributed by atoms with Gasteiger partial charge in [0, 0.05) is 23.1 Å². The number of benzene rings is 1. The van der Waals surface area contributed by atoms with Gasteiger partial charge in [-0.15, -0.1) is 0 Å². The molecular weight excluding hydrogens is 352 g/mol. The van der Waals surface area contributed by atoms with E-state index in [1.54, 1.807) is 6.07 Å². The van der Waals surface area contributed by atoms with E-state index in [4.69, 9.17) is 5.73 Å². The van der Waals surface area contributed by atoms with Crippen LogP contribution in [-0.2, 0) is 11.8 Å². The average Bonchev–Trinajstić information content (AvgIpc) is 2.59. The first-order chi connectivity index (χ1) is 13.4.